The summed E-state index contributed by atoms with van der Waals surface area (Å²) in [6.45, 7) is 2.08. The van der Waals surface area contributed by atoms with Crippen LogP contribution in [0.2, 0.25) is 0 Å². The quantitative estimate of drug-likeness (QED) is 0.454. The Kier molecular flexibility index (Phi) is 5.91. The fourth-order valence-electron chi connectivity index (χ4n) is 0.534. The molecule has 0 amide bonds. The zero-order valence-corrected chi connectivity index (χ0v) is 6.70. The van der Waals surface area contributed by atoms with Gasteiger partial charge in [0.15, 0.2) is 0 Å². The first-order valence-corrected chi connectivity index (χ1v) is 3.41. The van der Waals surface area contributed by atoms with Crippen LogP contribution < -0.4 is 0 Å². The monoisotopic (exact) mass is 136 g/mol. The Morgan fingerprint density at radius 1 is 1.00 bits per heavy atom. The fraction of sp³-hybridized carbons (Fsp3) is 0.143. The maximum Gasteiger partial charge on any atom is 0 e. The van der Waals surface area contributed by atoms with Crippen LogP contribution in [0.4, 0.5) is 0 Å². The number of benzene rings is 1. The van der Waals surface area contributed by atoms with Crippen molar-refractivity contribution in [3.05, 3.63) is 35.9 Å². The van der Waals surface area contributed by atoms with Crippen molar-refractivity contribution < 1.29 is 0 Å². The maximum absolute atomic E-state index is 4.67. The summed E-state index contributed by atoms with van der Waals surface area (Å²) in [4.78, 5) is 0. The molecule has 1 rings (SSSR count). The zero-order valence-electron chi connectivity index (χ0n) is 6.70. The Hall–Kier alpha value is -0.520. The van der Waals surface area contributed by atoms with Gasteiger partial charge in [-0.15, -0.1) is 0 Å². The Labute approximate surface area is 73.0 Å². The minimum atomic E-state index is -0.667. The maximum atomic E-state index is 4.67. The molecule has 0 heterocycles. The first-order valence-electron chi connectivity index (χ1n) is 3.41. The van der Waals surface area contributed by atoms with E-state index in [0.717, 1.165) is 0 Å². The molecule has 48 valence electrons. The van der Waals surface area contributed by atoms with E-state index in [9.17, 15) is 0 Å². The van der Waals surface area contributed by atoms with Crippen molar-refractivity contribution >= 4 is 29.6 Å². The topological polar surface area (TPSA) is 0 Å². The lowest BCUT2D eigenvalue weighted by molar-refractivity contribution is 1.48. The SMILES string of the molecule is Cc1ccccc1.[B]B([B])[B]. The molecule has 0 saturated carbocycles. The number of hydrogen-bond acceptors (Lipinski definition) is 0. The van der Waals surface area contributed by atoms with Gasteiger partial charge in [0.2, 0.25) is 0 Å². The molecule has 0 unspecified atom stereocenters. The molecule has 6 radical (unpaired) electrons. The highest BCUT2D eigenvalue weighted by Gasteiger charge is 1.73. The van der Waals surface area contributed by atoms with E-state index in [0.29, 0.717) is 0 Å². The molecular weight excluding hydrogens is 127 g/mol. The second-order valence-corrected chi connectivity index (χ2v) is 2.23. The molecule has 0 spiro atoms. The minimum absolute atomic E-state index is 0.667. The van der Waals surface area contributed by atoms with E-state index in [1.165, 1.54) is 5.56 Å². The van der Waals surface area contributed by atoms with E-state index < -0.39 is 6.39 Å². The predicted molar refractivity (Wildman–Crippen MR) is 54.2 cm³/mol. The lowest BCUT2D eigenvalue weighted by Gasteiger charge is -1.82. The summed E-state index contributed by atoms with van der Waals surface area (Å²) < 4.78 is 0. The third-order valence-corrected chi connectivity index (χ3v) is 0.940. The Bertz CT molecular complexity index is 170. The van der Waals surface area contributed by atoms with Crippen LogP contribution in [0.15, 0.2) is 30.3 Å². The van der Waals surface area contributed by atoms with E-state index in [1.807, 2.05) is 18.2 Å². The molecule has 0 atom stereocenters. The number of aryl methyl sites for hydroxylation is 1. The smallest absolute Gasteiger partial charge is 0 e. The van der Waals surface area contributed by atoms with E-state index >= 15 is 0 Å². The van der Waals surface area contributed by atoms with Crippen molar-refractivity contribution in [2.75, 3.05) is 0 Å². The molecule has 0 aromatic heterocycles. The van der Waals surface area contributed by atoms with Gasteiger partial charge in [0, 0.05) is 29.6 Å². The van der Waals surface area contributed by atoms with Crippen LogP contribution in [0.1, 0.15) is 5.56 Å². The zero-order chi connectivity index (χ0) is 8.69. The molecule has 0 aliphatic carbocycles. The van der Waals surface area contributed by atoms with Gasteiger partial charge in [-0.3, -0.25) is 0 Å². The molecule has 0 nitrogen and oxygen atoms in total. The first kappa shape index (κ1) is 10.5. The molecule has 4 heteroatoms. The van der Waals surface area contributed by atoms with Gasteiger partial charge in [0.25, 0.3) is 0 Å². The second-order valence-electron chi connectivity index (χ2n) is 2.23. The van der Waals surface area contributed by atoms with Crippen molar-refractivity contribution in [3.63, 3.8) is 0 Å². The highest BCUT2D eigenvalue weighted by atomic mass is 13.8. The van der Waals surface area contributed by atoms with Gasteiger partial charge < -0.3 is 0 Å². The van der Waals surface area contributed by atoms with E-state index in [-0.39, 0.29) is 0 Å². The molecule has 0 aliphatic heterocycles. The van der Waals surface area contributed by atoms with E-state index in [2.05, 4.69) is 42.3 Å². The van der Waals surface area contributed by atoms with Crippen LogP contribution in [-0.2, 0) is 0 Å². The molecule has 11 heavy (non-hydrogen) atoms. The van der Waals surface area contributed by atoms with Gasteiger partial charge in [-0.05, 0) is 6.92 Å². The van der Waals surface area contributed by atoms with Crippen molar-refractivity contribution in [3.8, 4) is 0 Å². The second kappa shape index (κ2) is 6.21. The summed E-state index contributed by atoms with van der Waals surface area (Å²) in [5.41, 5.74) is 1.32. The van der Waals surface area contributed by atoms with Gasteiger partial charge in [-0.2, -0.15) is 0 Å². The summed E-state index contributed by atoms with van der Waals surface area (Å²) in [7, 11) is 14.0. The average Bonchev–Trinajstić information content (AvgIpc) is 1.87. The molecule has 1 aromatic rings. The summed E-state index contributed by atoms with van der Waals surface area (Å²) in [5.74, 6) is 0. The molecule has 0 bridgehead atoms. The minimum Gasteiger partial charge on any atom is -0.0622 e. The van der Waals surface area contributed by atoms with Crippen LogP contribution in [0.3, 0.4) is 0 Å². The van der Waals surface area contributed by atoms with Gasteiger partial charge in [0.1, 0.15) is 0 Å². The van der Waals surface area contributed by atoms with E-state index in [1.54, 1.807) is 0 Å². The van der Waals surface area contributed by atoms with Crippen LogP contribution in [-0.4, -0.2) is 29.6 Å². The molecule has 0 fully saturated rings. The van der Waals surface area contributed by atoms with Crippen LogP contribution >= 0.6 is 0 Å². The Morgan fingerprint density at radius 3 is 1.55 bits per heavy atom. The lowest BCUT2D eigenvalue weighted by atomic mass is 9.08. The molecule has 0 saturated heterocycles. The standard InChI is InChI=1S/C7H8.B4/c1-7-5-3-2-4-6-7;1-4(2)3/h2-6H,1H3;. The largest absolute Gasteiger partial charge is 0.0622 e. The molecule has 1 aromatic carbocycles. The predicted octanol–water partition coefficient (Wildman–Crippen LogP) is 0.472. The Balaban J connectivity index is 0.000000218. The van der Waals surface area contributed by atoms with Gasteiger partial charge in [-0.25, -0.2) is 0 Å². The summed E-state index contributed by atoms with van der Waals surface area (Å²) in [6, 6.07) is 10.3. The molecule has 0 aliphatic rings. The van der Waals surface area contributed by atoms with E-state index in [4.69, 9.17) is 0 Å². The third kappa shape index (κ3) is 9.48. The third-order valence-electron chi connectivity index (χ3n) is 0.940. The highest BCUT2D eigenvalue weighted by molar-refractivity contribution is 7.49. The van der Waals surface area contributed by atoms with Crippen LogP contribution in [0.5, 0.6) is 0 Å². The van der Waals surface area contributed by atoms with Crippen molar-refractivity contribution in [1.82, 2.24) is 0 Å². The van der Waals surface area contributed by atoms with Crippen molar-refractivity contribution in [2.45, 2.75) is 6.92 Å². The van der Waals surface area contributed by atoms with Gasteiger partial charge in [0.05, 0.1) is 0 Å². The number of rotatable bonds is 0. The van der Waals surface area contributed by atoms with Crippen molar-refractivity contribution in [2.24, 2.45) is 0 Å². The first-order chi connectivity index (χ1) is 5.13. The van der Waals surface area contributed by atoms with Gasteiger partial charge in [-0.1, -0.05) is 35.9 Å². The van der Waals surface area contributed by atoms with Crippen LogP contribution in [0, 0.1) is 6.92 Å². The van der Waals surface area contributed by atoms with Crippen molar-refractivity contribution in [1.29, 1.82) is 0 Å². The number of hydrogen-bond donors (Lipinski definition) is 0. The Morgan fingerprint density at radius 2 is 1.36 bits per heavy atom. The highest BCUT2D eigenvalue weighted by Crippen LogP contribution is 1.92. The average molecular weight is 135 g/mol. The molecular formula is C7H8B4. The van der Waals surface area contributed by atoms with Gasteiger partial charge >= 0.3 is 0 Å². The summed E-state index contributed by atoms with van der Waals surface area (Å²) in [5, 5.41) is 0. The summed E-state index contributed by atoms with van der Waals surface area (Å²) >= 11 is 0. The fourth-order valence-corrected chi connectivity index (χ4v) is 0.534. The molecule has 0 N–H and O–H groups in total. The lowest BCUT2D eigenvalue weighted by Crippen LogP contribution is -2.11. The van der Waals surface area contributed by atoms with Crippen LogP contribution in [0.25, 0.3) is 0 Å². The summed E-state index contributed by atoms with van der Waals surface area (Å²) in [6.07, 6.45) is -0.667. The normalized spacial score (nSPS) is 7.73.